The van der Waals surface area contributed by atoms with E-state index in [1.54, 1.807) is 12.1 Å². The number of Topliss-reactive ketones (excluding diaryl/α,β-unsaturated/α-hetero) is 1. The van der Waals surface area contributed by atoms with Gasteiger partial charge in [0.25, 0.3) is 0 Å². The molecule has 1 fully saturated rings. The van der Waals surface area contributed by atoms with Crippen LogP contribution in [0.15, 0.2) is 22.8 Å². The van der Waals surface area contributed by atoms with E-state index in [9.17, 15) is 9.59 Å². The molecule has 1 aromatic heterocycles. The maximum absolute atomic E-state index is 11.7. The van der Waals surface area contributed by atoms with Crippen molar-refractivity contribution in [2.24, 2.45) is 5.73 Å². The Hall–Kier alpha value is -1.62. The van der Waals surface area contributed by atoms with Gasteiger partial charge < -0.3 is 10.2 Å². The minimum atomic E-state index is -0.357. The number of likely N-dealkylation sites (tertiary alicyclic amines) is 1. The molecule has 1 amide bonds. The van der Waals surface area contributed by atoms with Gasteiger partial charge in [0.1, 0.15) is 0 Å². The summed E-state index contributed by atoms with van der Waals surface area (Å²) in [5.41, 5.74) is 5.27. The lowest BCUT2D eigenvalue weighted by Crippen LogP contribution is -2.42. The van der Waals surface area contributed by atoms with E-state index in [2.05, 4.69) is 0 Å². The van der Waals surface area contributed by atoms with Crippen LogP contribution in [0.1, 0.15) is 23.4 Å². The first kappa shape index (κ1) is 10.9. The number of carbonyl (C=O) groups excluding carboxylic acids is 2. The van der Waals surface area contributed by atoms with Gasteiger partial charge in [0.2, 0.25) is 11.7 Å². The van der Waals surface area contributed by atoms with Gasteiger partial charge >= 0.3 is 0 Å². The molecule has 0 spiro atoms. The number of rotatable bonds is 4. The molecule has 0 bridgehead atoms. The predicted octanol–water partition coefficient (Wildman–Crippen LogP) is 0.412. The zero-order valence-electron chi connectivity index (χ0n) is 8.89. The molecule has 16 heavy (non-hydrogen) atoms. The molecule has 1 atom stereocenters. The molecule has 2 heterocycles. The molecule has 0 saturated carbocycles. The zero-order chi connectivity index (χ0) is 11.5. The van der Waals surface area contributed by atoms with Gasteiger partial charge in [-0.2, -0.15) is 0 Å². The van der Waals surface area contributed by atoms with Gasteiger partial charge in [-0.1, -0.05) is 0 Å². The molecule has 0 aliphatic carbocycles. The van der Waals surface area contributed by atoms with E-state index in [1.165, 1.54) is 6.26 Å². The Morgan fingerprint density at radius 3 is 3.00 bits per heavy atom. The van der Waals surface area contributed by atoms with Crippen LogP contribution in [0.5, 0.6) is 0 Å². The standard InChI is InChI=1S/C11H14N2O3/c12-11(15)8-3-1-5-13(8)7-9(14)10-4-2-6-16-10/h2,4,6,8H,1,3,5,7H2,(H2,12,15). The minimum Gasteiger partial charge on any atom is -0.461 e. The van der Waals surface area contributed by atoms with Crippen LogP contribution < -0.4 is 5.73 Å². The van der Waals surface area contributed by atoms with Gasteiger partial charge in [-0.15, -0.1) is 0 Å². The molecule has 86 valence electrons. The summed E-state index contributed by atoms with van der Waals surface area (Å²) < 4.78 is 5.01. The fraction of sp³-hybridized carbons (Fsp3) is 0.455. The van der Waals surface area contributed by atoms with Crippen molar-refractivity contribution in [2.75, 3.05) is 13.1 Å². The summed E-state index contributed by atoms with van der Waals surface area (Å²) in [6.07, 6.45) is 3.10. The predicted molar refractivity (Wildman–Crippen MR) is 56.8 cm³/mol. The van der Waals surface area contributed by atoms with E-state index in [0.717, 1.165) is 19.4 Å². The molecule has 0 radical (unpaired) electrons. The maximum atomic E-state index is 11.7. The molecular formula is C11H14N2O3. The van der Waals surface area contributed by atoms with E-state index in [1.807, 2.05) is 4.90 Å². The van der Waals surface area contributed by atoms with Crippen molar-refractivity contribution in [2.45, 2.75) is 18.9 Å². The van der Waals surface area contributed by atoms with Gasteiger partial charge in [-0.3, -0.25) is 14.5 Å². The smallest absolute Gasteiger partial charge is 0.234 e. The minimum absolute atomic E-state index is 0.113. The van der Waals surface area contributed by atoms with Crippen molar-refractivity contribution in [1.82, 2.24) is 4.90 Å². The van der Waals surface area contributed by atoms with Crippen molar-refractivity contribution in [1.29, 1.82) is 0 Å². The Balaban J connectivity index is 1.99. The summed E-state index contributed by atoms with van der Waals surface area (Å²) >= 11 is 0. The number of hydrogen-bond acceptors (Lipinski definition) is 4. The molecule has 0 aromatic carbocycles. The Labute approximate surface area is 93.2 Å². The lowest BCUT2D eigenvalue weighted by atomic mass is 10.2. The lowest BCUT2D eigenvalue weighted by molar-refractivity contribution is -0.122. The Morgan fingerprint density at radius 1 is 1.56 bits per heavy atom. The van der Waals surface area contributed by atoms with Crippen LogP contribution in [-0.4, -0.2) is 35.7 Å². The van der Waals surface area contributed by atoms with Gasteiger partial charge in [0.05, 0.1) is 18.8 Å². The second-order valence-electron chi connectivity index (χ2n) is 3.93. The van der Waals surface area contributed by atoms with E-state index < -0.39 is 0 Å². The summed E-state index contributed by atoms with van der Waals surface area (Å²) in [6.45, 7) is 0.932. The first-order chi connectivity index (χ1) is 7.68. The van der Waals surface area contributed by atoms with Crippen molar-refractivity contribution in [3.63, 3.8) is 0 Å². The Morgan fingerprint density at radius 2 is 2.38 bits per heavy atom. The Bertz CT molecular complexity index is 386. The Kier molecular flexibility index (Phi) is 3.05. The number of amides is 1. The summed E-state index contributed by atoms with van der Waals surface area (Å²) in [5.74, 6) is -0.141. The normalized spacial score (nSPS) is 21.1. The van der Waals surface area contributed by atoms with Crippen LogP contribution >= 0.6 is 0 Å². The van der Waals surface area contributed by atoms with E-state index >= 15 is 0 Å². The highest BCUT2D eigenvalue weighted by atomic mass is 16.3. The van der Waals surface area contributed by atoms with Crippen LogP contribution in [-0.2, 0) is 4.79 Å². The SMILES string of the molecule is NC(=O)C1CCCN1CC(=O)c1ccco1. The highest BCUT2D eigenvalue weighted by molar-refractivity contribution is 5.95. The molecule has 1 aromatic rings. The fourth-order valence-electron chi connectivity index (χ4n) is 2.04. The summed E-state index contributed by atoms with van der Waals surface area (Å²) in [5, 5.41) is 0. The van der Waals surface area contributed by atoms with Crippen LogP contribution in [0, 0.1) is 0 Å². The topological polar surface area (TPSA) is 76.5 Å². The molecule has 2 N–H and O–H groups in total. The average Bonchev–Trinajstić information content (AvgIpc) is 2.86. The molecule has 1 unspecified atom stereocenters. The van der Waals surface area contributed by atoms with Crippen molar-refractivity contribution >= 4 is 11.7 Å². The van der Waals surface area contributed by atoms with Crippen LogP contribution in [0.25, 0.3) is 0 Å². The largest absolute Gasteiger partial charge is 0.461 e. The number of hydrogen-bond donors (Lipinski definition) is 1. The first-order valence-electron chi connectivity index (χ1n) is 5.28. The highest BCUT2D eigenvalue weighted by Gasteiger charge is 2.30. The number of nitrogens with two attached hydrogens (primary N) is 1. The summed E-state index contributed by atoms with van der Waals surface area (Å²) in [6, 6.07) is 2.99. The third kappa shape index (κ3) is 2.14. The molecule has 5 heteroatoms. The van der Waals surface area contributed by atoms with Gasteiger partial charge in [0.15, 0.2) is 5.76 Å². The van der Waals surface area contributed by atoms with Gasteiger partial charge in [0, 0.05) is 0 Å². The molecule has 1 aliphatic rings. The molecule has 1 aliphatic heterocycles. The van der Waals surface area contributed by atoms with Gasteiger partial charge in [-0.25, -0.2) is 0 Å². The third-order valence-electron chi connectivity index (χ3n) is 2.83. The lowest BCUT2D eigenvalue weighted by Gasteiger charge is -2.20. The molecule has 2 rings (SSSR count). The van der Waals surface area contributed by atoms with Gasteiger partial charge in [-0.05, 0) is 31.5 Å². The monoisotopic (exact) mass is 222 g/mol. The third-order valence-corrected chi connectivity index (χ3v) is 2.83. The van der Waals surface area contributed by atoms with Crippen LogP contribution in [0.4, 0.5) is 0 Å². The molecule has 1 saturated heterocycles. The second kappa shape index (κ2) is 4.49. The summed E-state index contributed by atoms with van der Waals surface area (Å²) in [4.78, 5) is 24.7. The molecular weight excluding hydrogens is 208 g/mol. The number of nitrogens with zero attached hydrogens (tertiary/aromatic N) is 1. The molecule has 5 nitrogen and oxygen atoms in total. The van der Waals surface area contributed by atoms with Crippen LogP contribution in [0.2, 0.25) is 0 Å². The second-order valence-corrected chi connectivity index (χ2v) is 3.93. The number of carbonyl (C=O) groups is 2. The summed E-state index contributed by atoms with van der Waals surface area (Å²) in [7, 11) is 0. The fourth-order valence-corrected chi connectivity index (χ4v) is 2.04. The number of ketones is 1. The maximum Gasteiger partial charge on any atom is 0.234 e. The quantitative estimate of drug-likeness (QED) is 0.749. The number of primary amides is 1. The average molecular weight is 222 g/mol. The van der Waals surface area contributed by atoms with E-state index in [4.69, 9.17) is 10.2 Å². The van der Waals surface area contributed by atoms with Crippen molar-refractivity contribution < 1.29 is 14.0 Å². The van der Waals surface area contributed by atoms with Crippen molar-refractivity contribution in [3.05, 3.63) is 24.2 Å². The number of furan rings is 1. The zero-order valence-corrected chi connectivity index (χ0v) is 8.89. The first-order valence-corrected chi connectivity index (χ1v) is 5.28. The van der Waals surface area contributed by atoms with E-state index in [-0.39, 0.29) is 24.3 Å². The highest BCUT2D eigenvalue weighted by Crippen LogP contribution is 2.17. The van der Waals surface area contributed by atoms with E-state index in [0.29, 0.717) is 5.76 Å². The van der Waals surface area contributed by atoms with Crippen molar-refractivity contribution in [3.8, 4) is 0 Å². The van der Waals surface area contributed by atoms with Crippen LogP contribution in [0.3, 0.4) is 0 Å².